The lowest BCUT2D eigenvalue weighted by Gasteiger charge is -2.18. The molecule has 0 saturated carbocycles. The van der Waals surface area contributed by atoms with Gasteiger partial charge in [0.1, 0.15) is 5.75 Å². The van der Waals surface area contributed by atoms with Gasteiger partial charge in [-0.2, -0.15) is 0 Å². The Balaban J connectivity index is 2.09. The van der Waals surface area contributed by atoms with Crippen molar-refractivity contribution in [1.82, 2.24) is 0 Å². The first kappa shape index (κ1) is 13.4. The van der Waals surface area contributed by atoms with Crippen LogP contribution in [0.5, 0.6) is 5.75 Å². The SMILES string of the molecule is CN(C(=O)Nc1cccc(Br)c1)c1ccc(O)cc1. The van der Waals surface area contributed by atoms with Gasteiger partial charge in [0.05, 0.1) is 0 Å². The van der Waals surface area contributed by atoms with Gasteiger partial charge in [0.15, 0.2) is 0 Å². The summed E-state index contributed by atoms with van der Waals surface area (Å²) in [6.07, 6.45) is 0. The number of amides is 2. The van der Waals surface area contributed by atoms with Crippen molar-refractivity contribution in [2.75, 3.05) is 17.3 Å². The van der Waals surface area contributed by atoms with Crippen LogP contribution in [-0.2, 0) is 0 Å². The van der Waals surface area contributed by atoms with E-state index in [0.717, 1.165) is 4.47 Å². The molecule has 0 bridgehead atoms. The van der Waals surface area contributed by atoms with Crippen molar-refractivity contribution < 1.29 is 9.90 Å². The van der Waals surface area contributed by atoms with Gasteiger partial charge in [-0.25, -0.2) is 4.79 Å². The van der Waals surface area contributed by atoms with Crippen LogP contribution in [0.2, 0.25) is 0 Å². The molecule has 0 radical (unpaired) electrons. The molecule has 98 valence electrons. The second-order valence-corrected chi connectivity index (χ2v) is 4.93. The van der Waals surface area contributed by atoms with Gasteiger partial charge in [0.2, 0.25) is 0 Å². The van der Waals surface area contributed by atoms with Crippen LogP contribution in [0, 0.1) is 0 Å². The lowest BCUT2D eigenvalue weighted by atomic mass is 10.3. The number of carbonyl (C=O) groups is 1. The number of phenols is 1. The maximum atomic E-state index is 12.0. The summed E-state index contributed by atoms with van der Waals surface area (Å²) in [4.78, 5) is 13.5. The number of hydrogen-bond acceptors (Lipinski definition) is 2. The number of hydrogen-bond donors (Lipinski definition) is 2. The minimum Gasteiger partial charge on any atom is -0.508 e. The van der Waals surface area contributed by atoms with E-state index in [9.17, 15) is 9.90 Å². The van der Waals surface area contributed by atoms with Crippen LogP contribution in [0.4, 0.5) is 16.2 Å². The quantitative estimate of drug-likeness (QED) is 0.883. The monoisotopic (exact) mass is 320 g/mol. The molecule has 0 saturated heterocycles. The molecule has 19 heavy (non-hydrogen) atoms. The fourth-order valence-corrected chi connectivity index (χ4v) is 1.97. The number of aromatic hydroxyl groups is 1. The van der Waals surface area contributed by atoms with E-state index < -0.39 is 0 Å². The Morgan fingerprint density at radius 2 is 1.89 bits per heavy atom. The van der Waals surface area contributed by atoms with E-state index >= 15 is 0 Å². The van der Waals surface area contributed by atoms with Gasteiger partial charge in [0.25, 0.3) is 0 Å². The smallest absolute Gasteiger partial charge is 0.326 e. The van der Waals surface area contributed by atoms with Gasteiger partial charge >= 0.3 is 6.03 Å². The van der Waals surface area contributed by atoms with E-state index in [0.29, 0.717) is 11.4 Å². The fourth-order valence-electron chi connectivity index (χ4n) is 1.57. The van der Waals surface area contributed by atoms with Gasteiger partial charge in [-0.15, -0.1) is 0 Å². The molecular formula is C14H13BrN2O2. The van der Waals surface area contributed by atoms with Crippen molar-refractivity contribution in [3.63, 3.8) is 0 Å². The van der Waals surface area contributed by atoms with E-state index in [2.05, 4.69) is 21.2 Å². The molecule has 0 fully saturated rings. The molecule has 0 aliphatic rings. The zero-order valence-electron chi connectivity index (χ0n) is 10.3. The summed E-state index contributed by atoms with van der Waals surface area (Å²) in [7, 11) is 1.67. The number of nitrogens with one attached hydrogen (secondary N) is 1. The van der Waals surface area contributed by atoms with Crippen LogP contribution >= 0.6 is 15.9 Å². The minimum atomic E-state index is -0.246. The predicted molar refractivity (Wildman–Crippen MR) is 79.7 cm³/mol. The lowest BCUT2D eigenvalue weighted by molar-refractivity contribution is 0.258. The number of urea groups is 1. The van der Waals surface area contributed by atoms with Crippen LogP contribution < -0.4 is 10.2 Å². The van der Waals surface area contributed by atoms with Crippen molar-refractivity contribution in [3.05, 3.63) is 53.0 Å². The first-order chi connectivity index (χ1) is 9.06. The number of halogens is 1. The Bertz CT molecular complexity index is 584. The minimum absolute atomic E-state index is 0.171. The first-order valence-corrected chi connectivity index (χ1v) is 6.45. The molecule has 0 aliphatic carbocycles. The molecule has 0 unspecified atom stereocenters. The summed E-state index contributed by atoms with van der Waals surface area (Å²) < 4.78 is 0.901. The number of benzene rings is 2. The summed E-state index contributed by atoms with van der Waals surface area (Å²) in [5.41, 5.74) is 1.41. The lowest BCUT2D eigenvalue weighted by Crippen LogP contribution is -2.31. The van der Waals surface area contributed by atoms with Gasteiger partial charge in [-0.3, -0.25) is 4.90 Å². The number of carbonyl (C=O) groups excluding carboxylic acids is 1. The first-order valence-electron chi connectivity index (χ1n) is 5.65. The summed E-state index contributed by atoms with van der Waals surface area (Å²) in [6.45, 7) is 0. The number of anilines is 2. The maximum absolute atomic E-state index is 12.0. The van der Waals surface area contributed by atoms with Crippen LogP contribution in [0.3, 0.4) is 0 Å². The largest absolute Gasteiger partial charge is 0.508 e. The molecule has 0 atom stereocenters. The highest BCUT2D eigenvalue weighted by Gasteiger charge is 2.10. The normalized spacial score (nSPS) is 10.0. The maximum Gasteiger partial charge on any atom is 0.326 e. The highest BCUT2D eigenvalue weighted by Crippen LogP contribution is 2.19. The van der Waals surface area contributed by atoms with Crippen LogP contribution in [-0.4, -0.2) is 18.2 Å². The van der Waals surface area contributed by atoms with Crippen LogP contribution in [0.25, 0.3) is 0 Å². The summed E-state index contributed by atoms with van der Waals surface area (Å²) in [5.74, 6) is 0.171. The summed E-state index contributed by atoms with van der Waals surface area (Å²) >= 11 is 3.35. The third-order valence-corrected chi connectivity index (χ3v) is 3.11. The highest BCUT2D eigenvalue weighted by molar-refractivity contribution is 9.10. The molecular weight excluding hydrogens is 308 g/mol. The number of phenolic OH excluding ortho intramolecular Hbond substituents is 1. The zero-order valence-corrected chi connectivity index (χ0v) is 11.9. The summed E-state index contributed by atoms with van der Waals surface area (Å²) in [6, 6.07) is 13.6. The fraction of sp³-hybridized carbons (Fsp3) is 0.0714. The van der Waals surface area contributed by atoms with E-state index in [1.165, 1.54) is 17.0 Å². The average Bonchev–Trinajstić information content (AvgIpc) is 2.39. The molecule has 0 spiro atoms. The van der Waals surface area contributed by atoms with E-state index in [1.807, 2.05) is 24.3 Å². The Morgan fingerprint density at radius 1 is 1.21 bits per heavy atom. The Morgan fingerprint density at radius 3 is 2.53 bits per heavy atom. The number of rotatable bonds is 2. The predicted octanol–water partition coefficient (Wildman–Crippen LogP) is 3.82. The molecule has 0 aliphatic heterocycles. The van der Waals surface area contributed by atoms with Gasteiger partial charge in [-0.05, 0) is 42.5 Å². The van der Waals surface area contributed by atoms with Gasteiger partial charge in [0, 0.05) is 22.9 Å². The standard InChI is InChI=1S/C14H13BrN2O2/c1-17(12-5-7-13(18)8-6-12)14(19)16-11-4-2-3-10(15)9-11/h2-9,18H,1H3,(H,16,19). The second-order valence-electron chi connectivity index (χ2n) is 4.02. The van der Waals surface area contributed by atoms with E-state index in [1.54, 1.807) is 19.2 Å². The Kier molecular flexibility index (Phi) is 4.06. The Labute approximate surface area is 119 Å². The number of nitrogens with zero attached hydrogens (tertiary/aromatic N) is 1. The second kappa shape index (κ2) is 5.75. The zero-order chi connectivity index (χ0) is 13.8. The molecule has 2 aromatic rings. The van der Waals surface area contributed by atoms with E-state index in [4.69, 9.17) is 0 Å². The van der Waals surface area contributed by atoms with Crippen molar-refractivity contribution in [2.24, 2.45) is 0 Å². The highest BCUT2D eigenvalue weighted by atomic mass is 79.9. The Hall–Kier alpha value is -2.01. The summed E-state index contributed by atoms with van der Waals surface area (Å²) in [5, 5.41) is 12.0. The molecule has 5 heteroatoms. The van der Waals surface area contributed by atoms with Gasteiger partial charge in [-0.1, -0.05) is 22.0 Å². The third-order valence-electron chi connectivity index (χ3n) is 2.62. The molecule has 0 heterocycles. The topological polar surface area (TPSA) is 52.6 Å². The van der Waals surface area contributed by atoms with Crippen molar-refractivity contribution in [1.29, 1.82) is 0 Å². The molecule has 2 N–H and O–H groups in total. The van der Waals surface area contributed by atoms with Crippen molar-refractivity contribution >= 4 is 33.3 Å². The van der Waals surface area contributed by atoms with Gasteiger partial charge < -0.3 is 10.4 Å². The third kappa shape index (κ3) is 3.48. The molecule has 2 amide bonds. The molecule has 2 aromatic carbocycles. The molecule has 0 aromatic heterocycles. The van der Waals surface area contributed by atoms with Crippen molar-refractivity contribution in [2.45, 2.75) is 0 Å². The molecule has 4 nitrogen and oxygen atoms in total. The molecule has 2 rings (SSSR count). The average molecular weight is 321 g/mol. The van der Waals surface area contributed by atoms with E-state index in [-0.39, 0.29) is 11.8 Å². The van der Waals surface area contributed by atoms with Crippen LogP contribution in [0.1, 0.15) is 0 Å². The van der Waals surface area contributed by atoms with Crippen molar-refractivity contribution in [3.8, 4) is 5.75 Å². The van der Waals surface area contributed by atoms with Crippen LogP contribution in [0.15, 0.2) is 53.0 Å².